The van der Waals surface area contributed by atoms with Crippen LogP contribution in [0.25, 0.3) is 0 Å². The van der Waals surface area contributed by atoms with E-state index >= 15 is 0 Å². The van der Waals surface area contributed by atoms with Crippen LogP contribution in [-0.2, 0) is 16.2 Å². The Balaban J connectivity index is 3.00. The Kier molecular flexibility index (Phi) is 4.02. The molecule has 0 amide bonds. The van der Waals surface area contributed by atoms with Crippen molar-refractivity contribution in [2.45, 2.75) is 20.5 Å². The van der Waals surface area contributed by atoms with Gasteiger partial charge in [-0.05, 0) is 12.1 Å². The van der Waals surface area contributed by atoms with E-state index in [1.165, 1.54) is 32.0 Å². The van der Waals surface area contributed by atoms with E-state index < -0.39 is 11.9 Å². The molecule has 1 aromatic carbocycles. The summed E-state index contributed by atoms with van der Waals surface area (Å²) in [7, 11) is 0. The van der Waals surface area contributed by atoms with Crippen LogP contribution in [0.3, 0.4) is 0 Å². The molecule has 0 aliphatic rings. The van der Waals surface area contributed by atoms with Crippen molar-refractivity contribution < 1.29 is 24.2 Å². The molecule has 5 heteroatoms. The number of hydrogen-bond donors (Lipinski definition) is 1. The SMILES string of the molecule is CC(=O)Oc1ccc(CO)c(OC(C)=O)c1. The van der Waals surface area contributed by atoms with Gasteiger partial charge in [-0.15, -0.1) is 0 Å². The summed E-state index contributed by atoms with van der Waals surface area (Å²) in [6.07, 6.45) is 0. The normalized spacial score (nSPS) is 9.69. The van der Waals surface area contributed by atoms with Crippen molar-refractivity contribution in [2.24, 2.45) is 0 Å². The largest absolute Gasteiger partial charge is 0.427 e. The van der Waals surface area contributed by atoms with Gasteiger partial charge in [-0.25, -0.2) is 0 Å². The summed E-state index contributed by atoms with van der Waals surface area (Å²) in [6.45, 7) is 2.26. The van der Waals surface area contributed by atoms with E-state index in [1.54, 1.807) is 0 Å². The van der Waals surface area contributed by atoms with Crippen molar-refractivity contribution in [2.75, 3.05) is 0 Å². The zero-order valence-corrected chi connectivity index (χ0v) is 9.02. The molecule has 0 atom stereocenters. The van der Waals surface area contributed by atoms with Crippen LogP contribution in [0, 0.1) is 0 Å². The van der Waals surface area contributed by atoms with Crippen molar-refractivity contribution in [3.8, 4) is 11.5 Å². The van der Waals surface area contributed by atoms with Crippen molar-refractivity contribution in [1.29, 1.82) is 0 Å². The predicted molar refractivity (Wildman–Crippen MR) is 55.0 cm³/mol. The standard InChI is InChI=1S/C11H12O5/c1-7(13)15-10-4-3-9(6-12)11(5-10)16-8(2)14/h3-5,12H,6H2,1-2H3. The van der Waals surface area contributed by atoms with Gasteiger partial charge >= 0.3 is 11.9 Å². The van der Waals surface area contributed by atoms with Gasteiger partial charge in [-0.2, -0.15) is 0 Å². The maximum Gasteiger partial charge on any atom is 0.308 e. The molecule has 0 unspecified atom stereocenters. The number of carbonyl (C=O) groups is 2. The van der Waals surface area contributed by atoms with Gasteiger partial charge in [-0.3, -0.25) is 9.59 Å². The molecule has 0 saturated carbocycles. The van der Waals surface area contributed by atoms with E-state index in [0.717, 1.165) is 0 Å². The quantitative estimate of drug-likeness (QED) is 0.613. The number of carbonyl (C=O) groups excluding carboxylic acids is 2. The van der Waals surface area contributed by atoms with Crippen LogP contribution in [-0.4, -0.2) is 17.0 Å². The first kappa shape index (κ1) is 12.2. The van der Waals surface area contributed by atoms with E-state index in [9.17, 15) is 9.59 Å². The average Bonchev–Trinajstić information content (AvgIpc) is 2.16. The minimum Gasteiger partial charge on any atom is -0.427 e. The van der Waals surface area contributed by atoms with Gasteiger partial charge in [0.05, 0.1) is 6.61 Å². The molecule has 16 heavy (non-hydrogen) atoms. The molecule has 0 aromatic heterocycles. The highest BCUT2D eigenvalue weighted by Crippen LogP contribution is 2.25. The lowest BCUT2D eigenvalue weighted by atomic mass is 10.2. The molecule has 0 saturated heterocycles. The molecule has 5 nitrogen and oxygen atoms in total. The first-order chi connectivity index (χ1) is 7.52. The van der Waals surface area contributed by atoms with E-state index in [2.05, 4.69) is 0 Å². The Morgan fingerprint density at radius 2 is 1.81 bits per heavy atom. The molecule has 0 fully saturated rings. The monoisotopic (exact) mass is 224 g/mol. The second kappa shape index (κ2) is 5.27. The summed E-state index contributed by atoms with van der Waals surface area (Å²) < 4.78 is 9.69. The molecule has 1 N–H and O–H groups in total. The minimum absolute atomic E-state index is 0.189. The Morgan fingerprint density at radius 1 is 1.19 bits per heavy atom. The van der Waals surface area contributed by atoms with Crippen LogP contribution in [0.5, 0.6) is 11.5 Å². The van der Waals surface area contributed by atoms with Crippen LogP contribution in [0.1, 0.15) is 19.4 Å². The molecule has 1 aromatic rings. The van der Waals surface area contributed by atoms with E-state index in [-0.39, 0.29) is 18.1 Å². The van der Waals surface area contributed by atoms with Gasteiger partial charge in [0.1, 0.15) is 11.5 Å². The lowest BCUT2D eigenvalue weighted by Gasteiger charge is -2.08. The summed E-state index contributed by atoms with van der Waals surface area (Å²) in [6, 6.07) is 4.42. The minimum atomic E-state index is -0.505. The van der Waals surface area contributed by atoms with E-state index in [4.69, 9.17) is 14.6 Å². The molecule has 1 rings (SSSR count). The number of esters is 2. The Bertz CT molecular complexity index is 411. The van der Waals surface area contributed by atoms with Gasteiger partial charge in [0, 0.05) is 25.5 Å². The Hall–Kier alpha value is -1.88. The lowest BCUT2D eigenvalue weighted by Crippen LogP contribution is -2.06. The maximum absolute atomic E-state index is 10.8. The van der Waals surface area contributed by atoms with Gasteiger partial charge in [0.2, 0.25) is 0 Å². The van der Waals surface area contributed by atoms with Crippen LogP contribution >= 0.6 is 0 Å². The van der Waals surface area contributed by atoms with Gasteiger partial charge < -0.3 is 14.6 Å². The summed E-state index contributed by atoms with van der Waals surface area (Å²) in [4.78, 5) is 21.5. The molecule has 0 heterocycles. The van der Waals surface area contributed by atoms with Crippen LogP contribution in [0.2, 0.25) is 0 Å². The van der Waals surface area contributed by atoms with Crippen LogP contribution < -0.4 is 9.47 Å². The molecule has 0 spiro atoms. The third-order valence-corrected chi connectivity index (χ3v) is 1.72. The fourth-order valence-electron chi connectivity index (χ4n) is 1.14. The number of benzene rings is 1. The molecule has 0 aliphatic heterocycles. The highest BCUT2D eigenvalue weighted by Gasteiger charge is 2.08. The predicted octanol–water partition coefficient (Wildman–Crippen LogP) is 1.03. The lowest BCUT2D eigenvalue weighted by molar-refractivity contribution is -0.132. The highest BCUT2D eigenvalue weighted by atomic mass is 16.5. The molecule has 0 bridgehead atoms. The van der Waals surface area contributed by atoms with Gasteiger partial charge in [0.25, 0.3) is 0 Å². The number of aliphatic hydroxyl groups excluding tert-OH is 1. The Labute approximate surface area is 92.6 Å². The topological polar surface area (TPSA) is 72.8 Å². The summed E-state index contributed by atoms with van der Waals surface area (Å²) in [5, 5.41) is 9.01. The van der Waals surface area contributed by atoms with Gasteiger partial charge in [0.15, 0.2) is 0 Å². The third kappa shape index (κ3) is 3.36. The number of hydrogen-bond acceptors (Lipinski definition) is 5. The van der Waals surface area contributed by atoms with E-state index in [0.29, 0.717) is 5.56 Å². The Morgan fingerprint density at radius 3 is 2.31 bits per heavy atom. The second-order valence-electron chi connectivity index (χ2n) is 3.11. The van der Waals surface area contributed by atoms with Crippen LogP contribution in [0.15, 0.2) is 18.2 Å². The first-order valence-corrected chi connectivity index (χ1v) is 4.63. The zero-order chi connectivity index (χ0) is 12.1. The molecule has 0 radical (unpaired) electrons. The van der Waals surface area contributed by atoms with Crippen molar-refractivity contribution in [3.05, 3.63) is 23.8 Å². The number of rotatable bonds is 3. The van der Waals surface area contributed by atoms with Crippen molar-refractivity contribution in [1.82, 2.24) is 0 Å². The smallest absolute Gasteiger partial charge is 0.308 e. The average molecular weight is 224 g/mol. The van der Waals surface area contributed by atoms with E-state index in [1.807, 2.05) is 0 Å². The number of aliphatic hydroxyl groups is 1. The zero-order valence-electron chi connectivity index (χ0n) is 9.02. The van der Waals surface area contributed by atoms with Crippen molar-refractivity contribution >= 4 is 11.9 Å². The molecular formula is C11H12O5. The fraction of sp³-hybridized carbons (Fsp3) is 0.273. The third-order valence-electron chi connectivity index (χ3n) is 1.72. The molecular weight excluding hydrogens is 212 g/mol. The summed E-state index contributed by atoms with van der Waals surface area (Å²) >= 11 is 0. The van der Waals surface area contributed by atoms with Crippen molar-refractivity contribution in [3.63, 3.8) is 0 Å². The summed E-state index contributed by atoms with van der Waals surface area (Å²) in [5.74, 6) is -0.519. The first-order valence-electron chi connectivity index (χ1n) is 4.63. The highest BCUT2D eigenvalue weighted by molar-refractivity contribution is 5.71. The second-order valence-corrected chi connectivity index (χ2v) is 3.11. The molecule has 0 aliphatic carbocycles. The number of ether oxygens (including phenoxy) is 2. The molecule has 86 valence electrons. The fourth-order valence-corrected chi connectivity index (χ4v) is 1.14. The van der Waals surface area contributed by atoms with Gasteiger partial charge in [-0.1, -0.05) is 0 Å². The maximum atomic E-state index is 10.8. The summed E-state index contributed by atoms with van der Waals surface area (Å²) in [5.41, 5.74) is 0.450. The van der Waals surface area contributed by atoms with Crippen LogP contribution in [0.4, 0.5) is 0 Å².